The lowest BCUT2D eigenvalue weighted by Crippen LogP contribution is -1.97. The van der Waals surface area contributed by atoms with Gasteiger partial charge in [-0.2, -0.15) is 0 Å². The van der Waals surface area contributed by atoms with E-state index in [-0.39, 0.29) is 0 Å². The molecule has 0 aliphatic rings. The summed E-state index contributed by atoms with van der Waals surface area (Å²) < 4.78 is 5.19. The van der Waals surface area contributed by atoms with Crippen LogP contribution in [0.15, 0.2) is 12.1 Å². The maximum atomic E-state index is 9.43. The van der Waals surface area contributed by atoms with Crippen LogP contribution in [0.1, 0.15) is 31.1 Å². The molecule has 0 saturated carbocycles. The van der Waals surface area contributed by atoms with E-state index in [9.17, 15) is 5.11 Å². The lowest BCUT2D eigenvalue weighted by molar-refractivity contribution is 0.199. The minimum atomic E-state index is -0.497. The Kier molecular flexibility index (Phi) is 3.78. The monoisotopic (exact) mass is 214 g/mol. The molecule has 1 N–H and O–H groups in total. The summed E-state index contributed by atoms with van der Waals surface area (Å²) in [4.78, 5) is 0. The van der Waals surface area contributed by atoms with Gasteiger partial charge in [-0.05, 0) is 36.6 Å². The fourth-order valence-electron chi connectivity index (χ4n) is 1.41. The summed E-state index contributed by atoms with van der Waals surface area (Å²) in [6.07, 6.45) is 0.340. The van der Waals surface area contributed by atoms with Crippen LogP contribution in [-0.2, 0) is 6.42 Å². The van der Waals surface area contributed by atoms with Crippen LogP contribution in [0, 0.1) is 0 Å². The Morgan fingerprint density at radius 2 is 2.14 bits per heavy atom. The van der Waals surface area contributed by atoms with Crippen LogP contribution in [-0.4, -0.2) is 12.2 Å². The molecule has 1 unspecified atom stereocenters. The molecule has 1 atom stereocenters. The third-order valence-electron chi connectivity index (χ3n) is 2.21. The number of aliphatic hydroxyl groups excluding tert-OH is 1. The van der Waals surface area contributed by atoms with Gasteiger partial charge in [0.05, 0.1) is 18.2 Å². The second-order valence-corrected chi connectivity index (χ2v) is 3.63. The van der Waals surface area contributed by atoms with Crippen molar-refractivity contribution in [1.82, 2.24) is 0 Å². The third-order valence-corrected chi connectivity index (χ3v) is 2.49. The predicted octanol–water partition coefficient (Wildman–Crippen LogP) is 2.96. The molecule has 0 saturated heterocycles. The van der Waals surface area contributed by atoms with E-state index in [1.165, 1.54) is 0 Å². The Hall–Kier alpha value is -0.730. The fraction of sp³-hybridized carbons (Fsp3) is 0.455. The summed E-state index contributed by atoms with van der Waals surface area (Å²) in [6, 6.07) is 3.67. The number of halogens is 1. The van der Waals surface area contributed by atoms with Crippen molar-refractivity contribution in [1.29, 1.82) is 0 Å². The average molecular weight is 215 g/mol. The quantitative estimate of drug-likeness (QED) is 0.839. The van der Waals surface area contributed by atoms with E-state index in [1.54, 1.807) is 20.1 Å². The van der Waals surface area contributed by atoms with Gasteiger partial charge in [-0.25, -0.2) is 0 Å². The molecule has 0 radical (unpaired) electrons. The number of hydrogen-bond donors (Lipinski definition) is 1. The molecular formula is C11H15ClO2. The van der Waals surface area contributed by atoms with Gasteiger partial charge in [0.1, 0.15) is 5.75 Å². The zero-order chi connectivity index (χ0) is 10.7. The highest BCUT2D eigenvalue weighted by Gasteiger charge is 2.11. The van der Waals surface area contributed by atoms with E-state index in [1.807, 2.05) is 13.0 Å². The molecular weight excluding hydrogens is 200 g/mol. The number of methoxy groups -OCH3 is 1. The molecule has 0 heterocycles. The number of aryl methyl sites for hydroxylation is 1. The first-order valence-electron chi connectivity index (χ1n) is 4.64. The average Bonchev–Trinajstić information content (AvgIpc) is 2.16. The molecule has 0 aliphatic carbocycles. The summed E-state index contributed by atoms with van der Waals surface area (Å²) in [5.41, 5.74) is 1.85. The number of hydrogen-bond acceptors (Lipinski definition) is 2. The third kappa shape index (κ3) is 2.20. The molecule has 0 spiro atoms. The Labute approximate surface area is 89.5 Å². The zero-order valence-corrected chi connectivity index (χ0v) is 9.43. The maximum absolute atomic E-state index is 9.43. The molecule has 0 aromatic heterocycles. The smallest absolute Gasteiger partial charge is 0.140 e. The second-order valence-electron chi connectivity index (χ2n) is 3.22. The molecule has 78 valence electrons. The van der Waals surface area contributed by atoms with Gasteiger partial charge in [0.15, 0.2) is 0 Å². The van der Waals surface area contributed by atoms with Gasteiger partial charge in [-0.1, -0.05) is 18.5 Å². The Bertz CT molecular complexity index is 321. The van der Waals surface area contributed by atoms with Gasteiger partial charge in [-0.15, -0.1) is 0 Å². The summed E-state index contributed by atoms with van der Waals surface area (Å²) in [6.45, 7) is 3.75. The standard InChI is InChI=1S/C11H15ClO2/c1-4-8-5-9(7(2)13)6-10(12)11(8)14-3/h5-7,13H,4H2,1-3H3. The SMILES string of the molecule is CCc1cc(C(C)O)cc(Cl)c1OC. The van der Waals surface area contributed by atoms with Gasteiger partial charge >= 0.3 is 0 Å². The van der Waals surface area contributed by atoms with Crippen LogP contribution in [0.5, 0.6) is 5.75 Å². The van der Waals surface area contributed by atoms with Crippen LogP contribution in [0.25, 0.3) is 0 Å². The normalized spacial score (nSPS) is 12.6. The van der Waals surface area contributed by atoms with E-state index < -0.39 is 6.10 Å². The van der Waals surface area contributed by atoms with Crippen LogP contribution >= 0.6 is 11.6 Å². The molecule has 2 nitrogen and oxygen atoms in total. The second kappa shape index (κ2) is 4.67. The number of rotatable bonds is 3. The highest BCUT2D eigenvalue weighted by Crippen LogP contribution is 2.32. The zero-order valence-electron chi connectivity index (χ0n) is 8.67. The molecule has 0 aliphatic heterocycles. The number of ether oxygens (including phenoxy) is 1. The molecule has 3 heteroatoms. The van der Waals surface area contributed by atoms with Crippen molar-refractivity contribution >= 4 is 11.6 Å². The summed E-state index contributed by atoms with van der Waals surface area (Å²) in [7, 11) is 1.60. The van der Waals surface area contributed by atoms with Crippen molar-refractivity contribution in [3.8, 4) is 5.75 Å². The minimum Gasteiger partial charge on any atom is -0.495 e. The highest BCUT2D eigenvalue weighted by molar-refractivity contribution is 6.32. The molecule has 14 heavy (non-hydrogen) atoms. The van der Waals surface area contributed by atoms with Crippen molar-refractivity contribution in [2.75, 3.05) is 7.11 Å². The lowest BCUT2D eigenvalue weighted by atomic mass is 10.0. The molecule has 0 amide bonds. The van der Waals surface area contributed by atoms with E-state index in [0.717, 1.165) is 17.5 Å². The first-order chi connectivity index (χ1) is 6.60. The van der Waals surface area contributed by atoms with Crippen LogP contribution < -0.4 is 4.74 Å². The van der Waals surface area contributed by atoms with Crippen molar-refractivity contribution in [2.24, 2.45) is 0 Å². The van der Waals surface area contributed by atoms with Crippen LogP contribution in [0.3, 0.4) is 0 Å². The molecule has 1 aromatic carbocycles. The van der Waals surface area contributed by atoms with E-state index in [2.05, 4.69) is 0 Å². The largest absolute Gasteiger partial charge is 0.495 e. The van der Waals surface area contributed by atoms with Crippen molar-refractivity contribution < 1.29 is 9.84 Å². The van der Waals surface area contributed by atoms with Crippen LogP contribution in [0.4, 0.5) is 0 Å². The summed E-state index contributed by atoms with van der Waals surface area (Å²) in [5.74, 6) is 0.707. The van der Waals surface area contributed by atoms with Gasteiger partial charge < -0.3 is 9.84 Å². The number of benzene rings is 1. The van der Waals surface area contributed by atoms with Crippen molar-refractivity contribution in [2.45, 2.75) is 26.4 Å². The summed E-state index contributed by atoms with van der Waals surface area (Å²) in [5, 5.41) is 9.99. The van der Waals surface area contributed by atoms with E-state index >= 15 is 0 Å². The first-order valence-corrected chi connectivity index (χ1v) is 5.02. The molecule has 1 aromatic rings. The van der Waals surface area contributed by atoms with Gasteiger partial charge in [0, 0.05) is 0 Å². The Morgan fingerprint density at radius 3 is 2.57 bits per heavy atom. The van der Waals surface area contributed by atoms with E-state index in [0.29, 0.717) is 10.8 Å². The predicted molar refractivity (Wildman–Crippen MR) is 58.0 cm³/mol. The van der Waals surface area contributed by atoms with Gasteiger partial charge in [0.2, 0.25) is 0 Å². The topological polar surface area (TPSA) is 29.5 Å². The van der Waals surface area contributed by atoms with Gasteiger partial charge in [0.25, 0.3) is 0 Å². The lowest BCUT2D eigenvalue weighted by Gasteiger charge is -2.13. The van der Waals surface area contributed by atoms with Gasteiger partial charge in [-0.3, -0.25) is 0 Å². The van der Waals surface area contributed by atoms with E-state index in [4.69, 9.17) is 16.3 Å². The van der Waals surface area contributed by atoms with Crippen molar-refractivity contribution in [3.63, 3.8) is 0 Å². The minimum absolute atomic E-state index is 0.497. The molecule has 0 fully saturated rings. The van der Waals surface area contributed by atoms with Crippen molar-refractivity contribution in [3.05, 3.63) is 28.3 Å². The summed E-state index contributed by atoms with van der Waals surface area (Å²) >= 11 is 6.02. The molecule has 0 bridgehead atoms. The maximum Gasteiger partial charge on any atom is 0.140 e. The Balaban J connectivity index is 3.24. The first kappa shape index (κ1) is 11.3. The number of aliphatic hydroxyl groups is 1. The molecule has 1 rings (SSSR count). The Morgan fingerprint density at radius 1 is 1.50 bits per heavy atom. The van der Waals surface area contributed by atoms with Crippen LogP contribution in [0.2, 0.25) is 5.02 Å². The fourth-order valence-corrected chi connectivity index (χ4v) is 1.73. The highest BCUT2D eigenvalue weighted by atomic mass is 35.5.